The van der Waals surface area contributed by atoms with Crippen LogP contribution in [0.5, 0.6) is 0 Å². The van der Waals surface area contributed by atoms with Gasteiger partial charge < -0.3 is 0 Å². The van der Waals surface area contributed by atoms with Crippen molar-refractivity contribution < 1.29 is 0 Å². The van der Waals surface area contributed by atoms with Crippen LogP contribution in [0.4, 0.5) is 0 Å². The molecule has 0 aliphatic rings. The third kappa shape index (κ3) is 3.69. The monoisotopic (exact) mass is 642 g/mol. The summed E-state index contributed by atoms with van der Waals surface area (Å²) in [5, 5.41) is 39.3. The topological polar surface area (TPSA) is 47.6 Å². The van der Waals surface area contributed by atoms with Crippen LogP contribution in [0.25, 0.3) is 108 Å². The van der Waals surface area contributed by atoms with Crippen molar-refractivity contribution in [2.75, 3.05) is 0 Å². The van der Waals surface area contributed by atoms with E-state index in [0.717, 1.165) is 11.1 Å². The van der Waals surface area contributed by atoms with Crippen LogP contribution in [0, 0.1) is 29.6 Å². The first-order chi connectivity index (χ1) is 25.1. The Hall–Kier alpha value is -7.00. The second-order valence-electron chi connectivity index (χ2n) is 13.9. The highest BCUT2D eigenvalue weighted by molar-refractivity contribution is 6.43. The van der Waals surface area contributed by atoms with Crippen LogP contribution in [0.15, 0.2) is 140 Å². The molecule has 0 atom stereocenters. The molecule has 0 heterocycles. The first-order valence-electron chi connectivity index (χ1n) is 17.3. The van der Waals surface area contributed by atoms with Gasteiger partial charge in [-0.3, -0.25) is 0 Å². The zero-order valence-electron chi connectivity index (χ0n) is 27.7. The lowest BCUT2D eigenvalue weighted by Crippen LogP contribution is -1.90. The highest BCUT2D eigenvalue weighted by Gasteiger charge is 2.25. The quantitative estimate of drug-likeness (QED) is 0.176. The van der Waals surface area contributed by atoms with Gasteiger partial charge in [-0.25, -0.2) is 0 Å². The van der Waals surface area contributed by atoms with E-state index in [1.807, 2.05) is 24.3 Å². The predicted octanol–water partition coefficient (Wildman–Crippen LogP) is 13.2. The lowest BCUT2D eigenvalue weighted by molar-refractivity contribution is 1.48. The maximum absolute atomic E-state index is 9.76. The van der Waals surface area contributed by atoms with Crippen LogP contribution in [-0.4, -0.2) is 0 Å². The molecule has 0 fully saturated rings. The van der Waals surface area contributed by atoms with E-state index in [1.54, 1.807) is 0 Å². The van der Waals surface area contributed by atoms with E-state index in [9.17, 15) is 10.5 Å². The first-order valence-corrected chi connectivity index (χ1v) is 17.3. The molecule has 2 heteroatoms. The summed E-state index contributed by atoms with van der Waals surface area (Å²) in [5.74, 6) is 0. The van der Waals surface area contributed by atoms with Crippen molar-refractivity contribution in [1.29, 1.82) is 10.5 Å². The number of benzene rings is 9. The van der Waals surface area contributed by atoms with Crippen molar-refractivity contribution in [2.24, 2.45) is 0 Å². The Labute approximate surface area is 293 Å². The summed E-state index contributed by atoms with van der Waals surface area (Å²) in [6, 6.07) is 54.8. The van der Waals surface area contributed by atoms with Crippen molar-refractivity contribution in [3.8, 4) is 34.4 Å². The highest BCUT2D eigenvalue weighted by atomic mass is 14.3. The summed E-state index contributed by atoms with van der Waals surface area (Å²) in [6.45, 7) is 2.16. The summed E-state index contributed by atoms with van der Waals surface area (Å²) < 4.78 is 0. The van der Waals surface area contributed by atoms with Gasteiger partial charge in [0.2, 0.25) is 0 Å². The molecule has 0 aromatic heterocycles. The fourth-order valence-corrected chi connectivity index (χ4v) is 9.06. The highest BCUT2D eigenvalue weighted by Crippen LogP contribution is 2.54. The number of hydrogen-bond acceptors (Lipinski definition) is 2. The normalized spacial score (nSPS) is 12.0. The summed E-state index contributed by atoms with van der Waals surface area (Å²) in [4.78, 5) is 0. The average molecular weight is 643 g/mol. The van der Waals surface area contributed by atoms with Crippen LogP contribution < -0.4 is 0 Å². The number of fused-ring (bicyclic) bond motifs is 9. The van der Waals surface area contributed by atoms with Crippen LogP contribution in [-0.2, 0) is 0 Å². The number of nitrogens with zero attached hydrogens (tertiary/aromatic N) is 2. The lowest BCUT2D eigenvalue weighted by Gasteiger charge is -2.17. The Kier molecular flexibility index (Phi) is 5.48. The van der Waals surface area contributed by atoms with Gasteiger partial charge in [-0.1, -0.05) is 103 Å². The predicted molar refractivity (Wildman–Crippen MR) is 214 cm³/mol. The molecule has 0 N–H and O–H groups in total. The summed E-state index contributed by atoms with van der Waals surface area (Å²) in [7, 11) is 0. The standard InChI is InChI=1S/C49H26N2/c1-27-11-16-33-22-43-47-34(38(33)21-27)9-4-10-37(47)48-45(31-17-12-28(25-50)13-18-31)41-23-39-35-7-2-5-30-6-3-8-36(44(30)35)40(39)24-42(41)46(49(43)48)32-19-14-29(26-51)15-20-32/h2-24H,1H3. The smallest absolute Gasteiger partial charge is 0.0991 e. The van der Waals surface area contributed by atoms with Crippen molar-refractivity contribution in [2.45, 2.75) is 6.92 Å². The molecule has 0 aliphatic heterocycles. The molecule has 11 aromatic carbocycles. The number of hydrogen-bond donors (Lipinski definition) is 0. The van der Waals surface area contributed by atoms with Gasteiger partial charge in [0, 0.05) is 0 Å². The minimum Gasteiger partial charge on any atom is -0.192 e. The van der Waals surface area contributed by atoms with E-state index >= 15 is 0 Å². The van der Waals surface area contributed by atoms with E-state index in [4.69, 9.17) is 0 Å². The molecular weight excluding hydrogens is 617 g/mol. The Morgan fingerprint density at radius 1 is 0.353 bits per heavy atom. The minimum absolute atomic E-state index is 0.642. The van der Waals surface area contributed by atoms with Crippen molar-refractivity contribution in [3.63, 3.8) is 0 Å². The zero-order chi connectivity index (χ0) is 34.0. The minimum atomic E-state index is 0.642. The van der Waals surface area contributed by atoms with Crippen molar-refractivity contribution in [3.05, 3.63) is 156 Å². The molecule has 0 unspecified atom stereocenters. The van der Waals surface area contributed by atoms with E-state index in [2.05, 4.69) is 134 Å². The van der Waals surface area contributed by atoms with Crippen LogP contribution in [0.1, 0.15) is 16.7 Å². The zero-order valence-corrected chi connectivity index (χ0v) is 27.7. The van der Waals surface area contributed by atoms with E-state index in [1.165, 1.54) is 103 Å². The summed E-state index contributed by atoms with van der Waals surface area (Å²) in [6.07, 6.45) is 0. The number of rotatable bonds is 2. The van der Waals surface area contributed by atoms with Crippen molar-refractivity contribution in [1.82, 2.24) is 0 Å². The molecule has 0 spiro atoms. The molecular formula is C49H26N2. The maximum Gasteiger partial charge on any atom is 0.0991 e. The van der Waals surface area contributed by atoms with Gasteiger partial charge in [0.05, 0.1) is 23.3 Å². The summed E-state index contributed by atoms with van der Waals surface area (Å²) in [5.41, 5.74) is 7.05. The van der Waals surface area contributed by atoms with Crippen molar-refractivity contribution >= 4 is 86.2 Å². The summed E-state index contributed by atoms with van der Waals surface area (Å²) >= 11 is 0. The van der Waals surface area contributed by atoms with Gasteiger partial charge in [-0.2, -0.15) is 10.5 Å². The molecule has 11 rings (SSSR count). The van der Waals surface area contributed by atoms with Gasteiger partial charge in [0.1, 0.15) is 0 Å². The molecule has 0 amide bonds. The van der Waals surface area contributed by atoms with Gasteiger partial charge in [-0.05, 0) is 158 Å². The fourth-order valence-electron chi connectivity index (χ4n) is 9.06. The molecule has 232 valence electrons. The molecule has 2 nitrogen and oxygen atoms in total. The largest absolute Gasteiger partial charge is 0.192 e. The van der Waals surface area contributed by atoms with E-state index in [0.29, 0.717) is 11.1 Å². The third-order valence-electron chi connectivity index (χ3n) is 11.2. The number of nitriles is 2. The van der Waals surface area contributed by atoms with Gasteiger partial charge in [0.15, 0.2) is 0 Å². The van der Waals surface area contributed by atoms with Crippen LogP contribution in [0.2, 0.25) is 0 Å². The fraction of sp³-hybridized carbons (Fsp3) is 0.0204. The Morgan fingerprint density at radius 3 is 1.43 bits per heavy atom. The van der Waals surface area contributed by atoms with Crippen LogP contribution in [0.3, 0.4) is 0 Å². The first kappa shape index (κ1) is 27.9. The lowest BCUT2D eigenvalue weighted by atomic mass is 9.85. The van der Waals surface area contributed by atoms with Gasteiger partial charge in [0.25, 0.3) is 0 Å². The second-order valence-corrected chi connectivity index (χ2v) is 13.9. The Morgan fingerprint density at radius 2 is 0.863 bits per heavy atom. The molecule has 11 aromatic rings. The molecule has 0 bridgehead atoms. The Bertz CT molecular complexity index is 3350. The number of aryl methyl sites for hydroxylation is 1. The molecule has 0 aliphatic carbocycles. The SMILES string of the molecule is Cc1ccc2cc3c4c(-c5ccc(C#N)cc5)c5cc6c(cc5c(-c5ccc(C#N)cc5)c4c4cccc(c2c1)c43)c1cccc2cccc6c21. The van der Waals surface area contributed by atoms with Gasteiger partial charge >= 0.3 is 0 Å². The van der Waals surface area contributed by atoms with Crippen LogP contribution >= 0.6 is 0 Å². The molecule has 0 saturated heterocycles. The Balaban J connectivity index is 1.46. The van der Waals surface area contributed by atoms with Gasteiger partial charge in [-0.15, -0.1) is 0 Å². The molecule has 0 saturated carbocycles. The maximum atomic E-state index is 9.76. The van der Waals surface area contributed by atoms with E-state index < -0.39 is 0 Å². The molecule has 51 heavy (non-hydrogen) atoms. The second kappa shape index (κ2) is 10.0. The van der Waals surface area contributed by atoms with E-state index in [-0.39, 0.29) is 0 Å². The third-order valence-corrected chi connectivity index (χ3v) is 11.2. The average Bonchev–Trinajstić information content (AvgIpc) is 3.67. The molecule has 0 radical (unpaired) electrons.